The first-order valence-corrected chi connectivity index (χ1v) is 9.63. The second-order valence-electron chi connectivity index (χ2n) is 4.92. The van der Waals surface area contributed by atoms with Crippen LogP contribution in [0.4, 0.5) is 5.69 Å². The van der Waals surface area contributed by atoms with E-state index in [1.807, 2.05) is 0 Å². The number of rotatable bonds is 2. The number of fused-ring (bicyclic) bond motifs is 1. The predicted octanol–water partition coefficient (Wildman–Crippen LogP) is -0.680. The Bertz CT molecular complexity index is 1050. The Morgan fingerprint density at radius 3 is 2.67 bits per heavy atom. The summed E-state index contributed by atoms with van der Waals surface area (Å²) in [6, 6.07) is 1.96. The fraction of sp³-hybridized carbons (Fsp3) is 0.200. The molecule has 0 bridgehead atoms. The molecule has 0 aliphatic carbocycles. The number of benzene rings is 1. The molecule has 0 saturated carbocycles. The van der Waals surface area contributed by atoms with Crippen LogP contribution in [0.15, 0.2) is 26.6 Å². The molecule has 1 aromatic carbocycles. The van der Waals surface area contributed by atoms with E-state index in [1.54, 1.807) is 0 Å². The minimum atomic E-state index is -4.21. The molecular formula is C10H10ClN5O6S2. The van der Waals surface area contributed by atoms with Crippen LogP contribution in [0.3, 0.4) is 0 Å². The fourth-order valence-corrected chi connectivity index (χ4v) is 4.64. The van der Waals surface area contributed by atoms with Crippen LogP contribution in [0, 0.1) is 12.1 Å². The van der Waals surface area contributed by atoms with E-state index in [0.29, 0.717) is 0 Å². The van der Waals surface area contributed by atoms with Crippen LogP contribution in [0.5, 0.6) is 0 Å². The summed E-state index contributed by atoms with van der Waals surface area (Å²) in [5.41, 5.74) is 0.0905. The van der Waals surface area contributed by atoms with Crippen molar-refractivity contribution in [3.63, 3.8) is 0 Å². The van der Waals surface area contributed by atoms with Gasteiger partial charge in [-0.1, -0.05) is 11.6 Å². The van der Waals surface area contributed by atoms with Crippen LogP contribution in [-0.4, -0.2) is 22.0 Å². The number of nitrogens with two attached hydrogens (primary N) is 1. The number of primary sulfonamides is 1. The average molecular weight is 396 g/mol. The van der Waals surface area contributed by atoms with Gasteiger partial charge >= 0.3 is 0 Å². The van der Waals surface area contributed by atoms with E-state index < -0.39 is 31.1 Å². The van der Waals surface area contributed by atoms with Gasteiger partial charge in [0.15, 0.2) is 11.9 Å². The molecule has 1 aliphatic heterocycles. The number of sulfonamides is 2. The van der Waals surface area contributed by atoms with Crippen LogP contribution < -0.4 is 20.1 Å². The highest BCUT2D eigenvalue weighted by Crippen LogP contribution is 2.36. The highest BCUT2D eigenvalue weighted by Gasteiger charge is 2.37. The molecule has 1 atom stereocenters. The molecule has 2 aromatic rings. The molecule has 24 heavy (non-hydrogen) atoms. The lowest BCUT2D eigenvalue weighted by Crippen LogP contribution is -2.39. The topological polar surface area (TPSA) is 171 Å². The van der Waals surface area contributed by atoms with E-state index in [9.17, 15) is 22.0 Å². The molecule has 3 rings (SSSR count). The quantitative estimate of drug-likeness (QED) is 0.561. The Morgan fingerprint density at radius 2 is 2.12 bits per heavy atom. The summed E-state index contributed by atoms with van der Waals surface area (Å²) >= 11 is 5.87. The summed E-state index contributed by atoms with van der Waals surface area (Å²) < 4.78 is 54.4. The van der Waals surface area contributed by atoms with E-state index in [2.05, 4.69) is 19.8 Å². The zero-order valence-electron chi connectivity index (χ0n) is 11.8. The number of anilines is 1. The largest absolute Gasteiger partial charge is 0.361 e. The van der Waals surface area contributed by atoms with E-state index >= 15 is 0 Å². The molecule has 14 heteroatoms. The van der Waals surface area contributed by atoms with Gasteiger partial charge in [0.2, 0.25) is 20.0 Å². The number of hydrogen-bond acceptors (Lipinski definition) is 8. The van der Waals surface area contributed by atoms with Crippen LogP contribution in [0.2, 0.25) is 5.02 Å². The highest BCUT2D eigenvalue weighted by atomic mass is 35.5. The molecule has 2 heterocycles. The number of nitrogens with zero attached hydrogens (tertiary/aromatic N) is 2. The van der Waals surface area contributed by atoms with Crippen LogP contribution in [0.1, 0.15) is 17.6 Å². The second kappa shape index (κ2) is 5.29. The monoisotopic (exact) mass is 395 g/mol. The minimum absolute atomic E-state index is 0.0193. The lowest BCUT2D eigenvalue weighted by atomic mass is 10.2. The molecule has 1 aliphatic rings. The van der Waals surface area contributed by atoms with E-state index in [4.69, 9.17) is 16.7 Å². The van der Waals surface area contributed by atoms with Crippen molar-refractivity contribution in [2.24, 2.45) is 5.14 Å². The number of aromatic nitrogens is 2. The Morgan fingerprint density at radius 1 is 1.46 bits per heavy atom. The summed E-state index contributed by atoms with van der Waals surface area (Å²) in [6.07, 6.45) is -1.10. The highest BCUT2D eigenvalue weighted by molar-refractivity contribution is 7.90. The van der Waals surface area contributed by atoms with Crippen molar-refractivity contribution in [3.05, 3.63) is 33.8 Å². The molecule has 0 amide bonds. The van der Waals surface area contributed by atoms with Gasteiger partial charge in [0.25, 0.3) is 5.69 Å². The van der Waals surface area contributed by atoms with Crippen molar-refractivity contribution in [1.82, 2.24) is 9.88 Å². The van der Waals surface area contributed by atoms with Crippen molar-refractivity contribution in [3.8, 4) is 0 Å². The summed E-state index contributed by atoms with van der Waals surface area (Å²) in [5.74, 6) is 0. The maximum atomic E-state index is 12.4. The SMILES string of the molecule is Cc1c(C2Nc3cc(Cl)c(S(N)(=O)=O)cc3S(=O)(=O)N2)no[n+]1[O-]. The molecule has 11 nitrogen and oxygen atoms in total. The van der Waals surface area contributed by atoms with Gasteiger partial charge in [-0.25, -0.2) is 22.0 Å². The third-order valence-corrected chi connectivity index (χ3v) is 6.17. The number of nitrogens with one attached hydrogen (secondary N) is 2. The fourth-order valence-electron chi connectivity index (χ4n) is 2.18. The normalized spacial score (nSPS) is 19.5. The number of halogens is 1. The Kier molecular flexibility index (Phi) is 3.72. The van der Waals surface area contributed by atoms with Gasteiger partial charge in [0, 0.05) is 12.1 Å². The molecule has 0 fully saturated rings. The first-order valence-electron chi connectivity index (χ1n) is 6.22. The third-order valence-electron chi connectivity index (χ3n) is 3.33. The van der Waals surface area contributed by atoms with Crippen molar-refractivity contribution in [2.75, 3.05) is 5.32 Å². The molecule has 0 spiro atoms. The Labute approximate surface area is 141 Å². The van der Waals surface area contributed by atoms with Crippen LogP contribution >= 0.6 is 11.6 Å². The van der Waals surface area contributed by atoms with Crippen molar-refractivity contribution in [1.29, 1.82) is 0 Å². The summed E-state index contributed by atoms with van der Waals surface area (Å²) in [6.45, 7) is 1.39. The van der Waals surface area contributed by atoms with Gasteiger partial charge in [-0.15, -0.1) is 0 Å². The van der Waals surface area contributed by atoms with E-state index in [-0.39, 0.29) is 31.9 Å². The van der Waals surface area contributed by atoms with Crippen molar-refractivity contribution >= 4 is 37.3 Å². The van der Waals surface area contributed by atoms with Gasteiger partial charge in [-0.2, -0.15) is 4.72 Å². The van der Waals surface area contributed by atoms with E-state index in [1.165, 1.54) is 6.92 Å². The smallest absolute Gasteiger partial charge is 0.258 e. The molecule has 0 radical (unpaired) electrons. The first-order chi connectivity index (χ1) is 11.0. The minimum Gasteiger partial charge on any atom is -0.361 e. The van der Waals surface area contributed by atoms with E-state index in [0.717, 1.165) is 12.1 Å². The predicted molar refractivity (Wildman–Crippen MR) is 79.7 cm³/mol. The summed E-state index contributed by atoms with van der Waals surface area (Å²) in [4.78, 5) is -0.760. The molecule has 1 aromatic heterocycles. The molecule has 130 valence electrons. The third kappa shape index (κ3) is 2.69. The Balaban J connectivity index is 2.16. The molecule has 0 saturated heterocycles. The molecular weight excluding hydrogens is 386 g/mol. The average Bonchev–Trinajstić information content (AvgIpc) is 2.76. The van der Waals surface area contributed by atoms with Gasteiger partial charge in [-0.3, -0.25) is 4.63 Å². The number of hydrogen-bond donors (Lipinski definition) is 3. The lowest BCUT2D eigenvalue weighted by molar-refractivity contribution is -0.806. The second-order valence-corrected chi connectivity index (χ2v) is 8.54. The zero-order valence-corrected chi connectivity index (χ0v) is 14.2. The van der Waals surface area contributed by atoms with Crippen molar-refractivity contribution in [2.45, 2.75) is 22.9 Å². The zero-order chi connectivity index (χ0) is 17.9. The summed E-state index contributed by atoms with van der Waals surface area (Å²) in [5, 5.41) is 22.3. The maximum Gasteiger partial charge on any atom is 0.258 e. The Hall–Kier alpha value is -1.93. The van der Waals surface area contributed by atoms with Crippen LogP contribution in [-0.2, 0) is 20.0 Å². The molecule has 1 unspecified atom stereocenters. The van der Waals surface area contributed by atoms with Gasteiger partial charge in [0.1, 0.15) is 9.79 Å². The standard InChI is InChI=1S/C10H10ClN5O6S2/c1-4-9(14-22-16(4)17)10-13-6-2-5(11)7(23(12,18)19)3-8(6)24(20,21)15-10/h2-3,10,13,15H,1H3,(H2,12,18,19). The summed E-state index contributed by atoms with van der Waals surface area (Å²) in [7, 11) is -8.34. The first kappa shape index (κ1) is 16.9. The molecule has 4 N–H and O–H groups in total. The van der Waals surface area contributed by atoms with Crippen LogP contribution in [0.25, 0.3) is 0 Å². The lowest BCUT2D eigenvalue weighted by Gasteiger charge is -2.26. The van der Waals surface area contributed by atoms with Gasteiger partial charge < -0.3 is 10.5 Å². The van der Waals surface area contributed by atoms with Crippen molar-refractivity contribution < 1.29 is 26.4 Å². The van der Waals surface area contributed by atoms with Gasteiger partial charge in [-0.05, 0) is 17.0 Å². The van der Waals surface area contributed by atoms with Gasteiger partial charge in [0.05, 0.1) is 10.7 Å². The maximum absolute atomic E-state index is 12.4.